The topological polar surface area (TPSA) is 51.6 Å². The molecule has 13 aromatic rings. The normalized spacial score (nSPS) is 12.2. The third-order valence-electron chi connectivity index (χ3n) is 16.1. The summed E-state index contributed by atoms with van der Waals surface area (Å²) in [5.41, 5.74) is 24.6. The molecule has 0 radical (unpaired) electrons. The van der Waals surface area contributed by atoms with Crippen LogP contribution in [0.15, 0.2) is 291 Å². The molecule has 1 aliphatic carbocycles. The molecule has 4 heteroatoms. The van der Waals surface area contributed by atoms with Crippen LogP contribution in [0.25, 0.3) is 112 Å². The quantitative estimate of drug-likeness (QED) is 0.130. The van der Waals surface area contributed by atoms with E-state index in [0.29, 0.717) is 17.5 Å². The SMILES string of the molecule is Cc1ccc(-c2ccccc2-c2nc(-c3ccc(-c4cc(-c5ccccc5)c(-c5ccccc5)c(-c5ccccc5)c4-c4ccccc4)cc3)nc(-c3cccc4c3-c3ccccc3C4(c3ccccc3)c3ccccc3)n2)c(C)n1. The lowest BCUT2D eigenvalue weighted by Crippen LogP contribution is -2.28. The van der Waals surface area contributed by atoms with Gasteiger partial charge < -0.3 is 0 Å². The lowest BCUT2D eigenvalue weighted by molar-refractivity contribution is 0.768. The summed E-state index contributed by atoms with van der Waals surface area (Å²) in [7, 11) is 0. The highest BCUT2D eigenvalue weighted by atomic mass is 15.0. The second kappa shape index (κ2) is 20.8. The molecule has 4 nitrogen and oxygen atoms in total. The molecular weight excluding hydrogens is 981 g/mol. The van der Waals surface area contributed by atoms with E-state index in [9.17, 15) is 0 Å². The van der Waals surface area contributed by atoms with Crippen molar-refractivity contribution in [2.75, 3.05) is 0 Å². The van der Waals surface area contributed by atoms with Crippen LogP contribution in [-0.2, 0) is 5.41 Å². The van der Waals surface area contributed by atoms with Gasteiger partial charge in [0.15, 0.2) is 17.5 Å². The maximum atomic E-state index is 5.56. The van der Waals surface area contributed by atoms with Crippen molar-refractivity contribution in [3.8, 4) is 112 Å². The maximum Gasteiger partial charge on any atom is 0.164 e. The highest BCUT2D eigenvalue weighted by Gasteiger charge is 2.47. The maximum absolute atomic E-state index is 5.56. The van der Waals surface area contributed by atoms with Crippen molar-refractivity contribution in [2.24, 2.45) is 0 Å². The number of hydrogen-bond acceptors (Lipinski definition) is 4. The molecule has 0 fully saturated rings. The minimum absolute atomic E-state index is 0.578. The summed E-state index contributed by atoms with van der Waals surface area (Å²) in [5.74, 6) is 1.76. The molecule has 0 saturated heterocycles. The molecule has 14 rings (SSSR count). The molecule has 0 bridgehead atoms. The average Bonchev–Trinajstić information content (AvgIpc) is 2.30. The van der Waals surface area contributed by atoms with Crippen molar-refractivity contribution < 1.29 is 0 Å². The highest BCUT2D eigenvalue weighted by Crippen LogP contribution is 2.58. The summed E-state index contributed by atoms with van der Waals surface area (Å²) in [6.45, 7) is 4.11. The highest BCUT2D eigenvalue weighted by molar-refractivity contribution is 6.07. The first kappa shape index (κ1) is 48.9. The molecular formula is C77H54N4. The van der Waals surface area contributed by atoms with Crippen LogP contribution in [0.2, 0.25) is 0 Å². The number of benzene rings is 11. The van der Waals surface area contributed by atoms with Gasteiger partial charge in [0.05, 0.1) is 5.41 Å². The lowest BCUT2D eigenvalue weighted by Gasteiger charge is -2.33. The van der Waals surface area contributed by atoms with E-state index in [-0.39, 0.29) is 0 Å². The van der Waals surface area contributed by atoms with Crippen LogP contribution in [-0.4, -0.2) is 19.9 Å². The molecule has 81 heavy (non-hydrogen) atoms. The summed E-state index contributed by atoms with van der Waals surface area (Å²) < 4.78 is 0. The molecule has 0 spiro atoms. The fraction of sp³-hybridized carbons (Fsp3) is 0.0390. The van der Waals surface area contributed by atoms with E-state index in [1.54, 1.807) is 0 Å². The van der Waals surface area contributed by atoms with Crippen LogP contribution in [0.4, 0.5) is 0 Å². The van der Waals surface area contributed by atoms with E-state index >= 15 is 0 Å². The van der Waals surface area contributed by atoms with Crippen LogP contribution in [0.5, 0.6) is 0 Å². The molecule has 382 valence electrons. The van der Waals surface area contributed by atoms with Crippen molar-refractivity contribution in [1.82, 2.24) is 19.9 Å². The number of nitrogens with zero attached hydrogens (tertiary/aromatic N) is 4. The molecule has 2 aromatic heterocycles. The van der Waals surface area contributed by atoms with Gasteiger partial charge in [0.25, 0.3) is 0 Å². The number of hydrogen-bond donors (Lipinski definition) is 0. The molecule has 0 N–H and O–H groups in total. The average molecular weight is 1040 g/mol. The Morgan fingerprint density at radius 3 is 1.20 bits per heavy atom. The predicted molar refractivity (Wildman–Crippen MR) is 333 cm³/mol. The van der Waals surface area contributed by atoms with Gasteiger partial charge in [-0.3, -0.25) is 4.98 Å². The number of aromatic nitrogens is 4. The van der Waals surface area contributed by atoms with Gasteiger partial charge in [-0.2, -0.15) is 0 Å². The summed E-state index contributed by atoms with van der Waals surface area (Å²) >= 11 is 0. The van der Waals surface area contributed by atoms with E-state index < -0.39 is 5.41 Å². The van der Waals surface area contributed by atoms with Gasteiger partial charge in [-0.05, 0) is 121 Å². The monoisotopic (exact) mass is 1030 g/mol. The molecule has 0 saturated carbocycles. The lowest BCUT2D eigenvalue weighted by atomic mass is 9.67. The summed E-state index contributed by atoms with van der Waals surface area (Å²) in [4.78, 5) is 21.5. The van der Waals surface area contributed by atoms with E-state index in [1.807, 2.05) is 6.92 Å². The molecule has 0 atom stereocenters. The molecule has 11 aromatic carbocycles. The first-order valence-electron chi connectivity index (χ1n) is 27.7. The molecule has 0 aliphatic heterocycles. The smallest absolute Gasteiger partial charge is 0.164 e. The van der Waals surface area contributed by atoms with E-state index in [2.05, 4.69) is 298 Å². The Kier molecular flexibility index (Phi) is 12.5. The zero-order chi connectivity index (χ0) is 54.3. The summed E-state index contributed by atoms with van der Waals surface area (Å²) in [6, 6.07) is 105. The fourth-order valence-corrected chi connectivity index (χ4v) is 12.6. The zero-order valence-corrected chi connectivity index (χ0v) is 45.0. The standard InChI is InChI=1S/C77H54N4/c1-51-44-49-61(52(2)78-51)62-38-21-22-39-63(62)75-79-74(80-76(81-75)65-41-25-43-69-73(65)64-40-23-24-42-68(64)77(69,59-34-17-7-18-35-59)60-36-19-8-20-37-60)58-47-45-54(46-48-58)67-50-66(53-26-9-3-10-27-53)70(55-28-11-4-12-29-55)72(57-32-15-6-16-33-57)71(67)56-30-13-5-14-31-56/h3-50H,1-2H3. The predicted octanol–water partition coefficient (Wildman–Crippen LogP) is 19.2. The zero-order valence-electron chi connectivity index (χ0n) is 45.0. The van der Waals surface area contributed by atoms with Crippen LogP contribution < -0.4 is 0 Å². The Morgan fingerprint density at radius 1 is 0.235 bits per heavy atom. The Morgan fingerprint density at radius 2 is 0.642 bits per heavy atom. The third-order valence-corrected chi connectivity index (χ3v) is 16.1. The van der Waals surface area contributed by atoms with Gasteiger partial charge in [0.2, 0.25) is 0 Å². The van der Waals surface area contributed by atoms with E-state index in [0.717, 1.165) is 94.8 Å². The minimum atomic E-state index is -0.597. The second-order valence-electron chi connectivity index (χ2n) is 20.8. The van der Waals surface area contributed by atoms with Gasteiger partial charge in [-0.15, -0.1) is 0 Å². The number of aryl methyl sites for hydroxylation is 2. The van der Waals surface area contributed by atoms with Crippen molar-refractivity contribution in [1.29, 1.82) is 0 Å². The van der Waals surface area contributed by atoms with Gasteiger partial charge in [0, 0.05) is 33.6 Å². The largest absolute Gasteiger partial charge is 0.258 e. The van der Waals surface area contributed by atoms with Crippen LogP contribution >= 0.6 is 0 Å². The summed E-state index contributed by atoms with van der Waals surface area (Å²) in [5, 5.41) is 0. The fourth-order valence-electron chi connectivity index (χ4n) is 12.6. The van der Waals surface area contributed by atoms with Crippen molar-refractivity contribution in [2.45, 2.75) is 19.3 Å². The van der Waals surface area contributed by atoms with E-state index in [4.69, 9.17) is 19.9 Å². The summed E-state index contributed by atoms with van der Waals surface area (Å²) in [6.07, 6.45) is 0. The third kappa shape index (κ3) is 8.57. The minimum Gasteiger partial charge on any atom is -0.258 e. The van der Waals surface area contributed by atoms with Gasteiger partial charge >= 0.3 is 0 Å². The first-order valence-corrected chi connectivity index (χ1v) is 27.7. The number of fused-ring (bicyclic) bond motifs is 3. The van der Waals surface area contributed by atoms with Crippen LogP contribution in [0, 0.1) is 13.8 Å². The van der Waals surface area contributed by atoms with Gasteiger partial charge in [0.1, 0.15) is 0 Å². The molecule has 0 unspecified atom stereocenters. The van der Waals surface area contributed by atoms with Gasteiger partial charge in [-0.1, -0.05) is 279 Å². The molecule has 2 heterocycles. The van der Waals surface area contributed by atoms with Crippen molar-refractivity contribution in [3.63, 3.8) is 0 Å². The van der Waals surface area contributed by atoms with E-state index in [1.165, 1.54) is 33.4 Å². The van der Waals surface area contributed by atoms with Crippen LogP contribution in [0.1, 0.15) is 33.6 Å². The Bertz CT molecular complexity index is 4390. The van der Waals surface area contributed by atoms with Crippen LogP contribution in [0.3, 0.4) is 0 Å². The Balaban J connectivity index is 1.01. The molecule has 1 aliphatic rings. The Labute approximate surface area is 473 Å². The second-order valence-corrected chi connectivity index (χ2v) is 20.8. The number of pyridine rings is 1. The molecule has 0 amide bonds. The van der Waals surface area contributed by atoms with Crippen molar-refractivity contribution >= 4 is 0 Å². The first-order chi connectivity index (χ1) is 40.0. The van der Waals surface area contributed by atoms with Gasteiger partial charge in [-0.25, -0.2) is 15.0 Å². The Hall–Kier alpha value is -10.4. The van der Waals surface area contributed by atoms with Crippen molar-refractivity contribution in [3.05, 3.63) is 325 Å². The number of rotatable bonds is 11.